The summed E-state index contributed by atoms with van der Waals surface area (Å²) in [6.45, 7) is 1.90. The van der Waals surface area contributed by atoms with Crippen LogP contribution in [0.3, 0.4) is 0 Å². The molecule has 0 spiro atoms. The second-order valence-electron chi connectivity index (χ2n) is 8.52. The Kier molecular flexibility index (Phi) is 7.11. The van der Waals surface area contributed by atoms with Gasteiger partial charge in [0.25, 0.3) is 0 Å². The van der Waals surface area contributed by atoms with Gasteiger partial charge in [-0.25, -0.2) is 13.2 Å². The summed E-state index contributed by atoms with van der Waals surface area (Å²) >= 11 is 0. The van der Waals surface area contributed by atoms with Crippen molar-refractivity contribution in [1.82, 2.24) is 0 Å². The van der Waals surface area contributed by atoms with Crippen LogP contribution in [-0.2, 0) is 19.3 Å². The summed E-state index contributed by atoms with van der Waals surface area (Å²) < 4.78 is 84.9. The molecule has 7 heteroatoms. The Hall–Kier alpha value is -3.40. The van der Waals surface area contributed by atoms with Gasteiger partial charge < -0.3 is 4.74 Å². The molecule has 0 heterocycles. The molecule has 3 aromatic rings. The predicted octanol–water partition coefficient (Wildman–Crippen LogP) is 7.63. The maximum Gasteiger partial charge on any atom is 0.573 e. The van der Waals surface area contributed by atoms with Crippen LogP contribution in [0.4, 0.5) is 26.3 Å². The molecule has 3 aromatic carbocycles. The Morgan fingerprint density at radius 2 is 1.63 bits per heavy atom. The summed E-state index contributed by atoms with van der Waals surface area (Å²) in [4.78, 5) is 0. The van der Waals surface area contributed by atoms with E-state index in [-0.39, 0.29) is 17.2 Å². The average molecular weight is 488 g/mol. The normalized spacial score (nSPS) is 15.2. The molecule has 0 saturated carbocycles. The van der Waals surface area contributed by atoms with Crippen LogP contribution in [0.5, 0.6) is 5.75 Å². The zero-order valence-corrected chi connectivity index (χ0v) is 18.9. The average Bonchev–Trinajstić information content (AvgIpc) is 2.82. The highest BCUT2D eigenvalue weighted by atomic mass is 19.4. The van der Waals surface area contributed by atoms with Crippen molar-refractivity contribution in [3.63, 3.8) is 0 Å². The molecule has 0 aromatic heterocycles. The van der Waals surface area contributed by atoms with Crippen molar-refractivity contribution < 1.29 is 31.1 Å². The highest BCUT2D eigenvalue weighted by Gasteiger charge is 2.31. The summed E-state index contributed by atoms with van der Waals surface area (Å²) in [5, 5.41) is 0. The molecule has 0 N–H and O–H groups in total. The maximum atomic E-state index is 15.1. The van der Waals surface area contributed by atoms with E-state index in [1.807, 2.05) is 6.92 Å². The largest absolute Gasteiger partial charge is 0.573 e. The molecule has 4 rings (SSSR count). The first-order valence-corrected chi connectivity index (χ1v) is 11.3. The maximum absolute atomic E-state index is 15.1. The third kappa shape index (κ3) is 5.64. The quantitative estimate of drug-likeness (QED) is 0.271. The van der Waals surface area contributed by atoms with Gasteiger partial charge in [0.1, 0.15) is 11.6 Å². The number of ether oxygens (including phenoxy) is 1. The van der Waals surface area contributed by atoms with E-state index in [2.05, 4.69) is 16.6 Å². The Balaban J connectivity index is 1.52. The van der Waals surface area contributed by atoms with Crippen molar-refractivity contribution in [3.8, 4) is 17.6 Å². The van der Waals surface area contributed by atoms with Crippen molar-refractivity contribution in [1.29, 1.82) is 0 Å². The summed E-state index contributed by atoms with van der Waals surface area (Å²) in [6.07, 6.45) is -2.36. The summed E-state index contributed by atoms with van der Waals surface area (Å²) in [7, 11) is 0. The van der Waals surface area contributed by atoms with Gasteiger partial charge >= 0.3 is 6.36 Å². The van der Waals surface area contributed by atoms with E-state index in [0.29, 0.717) is 47.9 Å². The van der Waals surface area contributed by atoms with Gasteiger partial charge in [0, 0.05) is 5.56 Å². The Bertz CT molecular complexity index is 1280. The van der Waals surface area contributed by atoms with E-state index in [1.54, 1.807) is 18.2 Å². The Morgan fingerprint density at radius 3 is 2.31 bits per heavy atom. The fourth-order valence-electron chi connectivity index (χ4n) is 4.43. The van der Waals surface area contributed by atoms with Crippen molar-refractivity contribution >= 4 is 0 Å². The van der Waals surface area contributed by atoms with E-state index >= 15 is 4.39 Å². The van der Waals surface area contributed by atoms with Gasteiger partial charge in [-0.05, 0) is 84.2 Å². The zero-order chi connectivity index (χ0) is 25.2. The van der Waals surface area contributed by atoms with Crippen LogP contribution in [0.25, 0.3) is 0 Å². The number of alkyl halides is 3. The smallest absolute Gasteiger partial charge is 0.406 e. The number of halogens is 6. The molecule has 0 radical (unpaired) electrons. The van der Waals surface area contributed by atoms with E-state index in [1.165, 1.54) is 18.2 Å². The van der Waals surface area contributed by atoms with Crippen molar-refractivity contribution in [2.45, 2.75) is 51.3 Å². The number of aryl methyl sites for hydroxylation is 1. The van der Waals surface area contributed by atoms with Gasteiger partial charge in [-0.3, -0.25) is 0 Å². The van der Waals surface area contributed by atoms with Gasteiger partial charge in [0.05, 0.1) is 5.56 Å². The predicted molar refractivity (Wildman–Crippen MR) is 121 cm³/mol. The van der Waals surface area contributed by atoms with Crippen LogP contribution in [0.1, 0.15) is 59.1 Å². The molecule has 0 saturated heterocycles. The van der Waals surface area contributed by atoms with Crippen molar-refractivity contribution in [2.24, 2.45) is 0 Å². The summed E-state index contributed by atoms with van der Waals surface area (Å²) in [5.41, 5.74) is 2.48. The molecule has 0 aliphatic heterocycles. The van der Waals surface area contributed by atoms with Gasteiger partial charge in [-0.15, -0.1) is 13.2 Å². The fourth-order valence-corrected chi connectivity index (χ4v) is 4.43. The number of benzene rings is 3. The van der Waals surface area contributed by atoms with Crippen LogP contribution in [0.2, 0.25) is 0 Å². The summed E-state index contributed by atoms with van der Waals surface area (Å²) in [5.74, 6) is 2.77. The molecule has 35 heavy (non-hydrogen) atoms. The SMILES string of the molecule is CCCc1ccc(C2CCc3c(ccc(C#Cc4ccc(OC(F)(F)F)cc4)c3F)C2)c(F)c1F. The monoisotopic (exact) mass is 488 g/mol. The second kappa shape index (κ2) is 10.1. The van der Waals surface area contributed by atoms with Crippen LogP contribution in [-0.4, -0.2) is 6.36 Å². The van der Waals surface area contributed by atoms with E-state index < -0.39 is 23.8 Å². The molecular formula is C28H22F6O. The molecule has 1 nitrogen and oxygen atoms in total. The molecule has 0 bridgehead atoms. The molecule has 0 amide bonds. The van der Waals surface area contributed by atoms with Crippen LogP contribution in [0, 0.1) is 29.3 Å². The number of rotatable bonds is 4. The first-order chi connectivity index (χ1) is 16.7. The van der Waals surface area contributed by atoms with Gasteiger partial charge in [0.15, 0.2) is 11.6 Å². The first-order valence-electron chi connectivity index (χ1n) is 11.3. The molecule has 0 fully saturated rings. The van der Waals surface area contributed by atoms with E-state index in [4.69, 9.17) is 0 Å². The lowest BCUT2D eigenvalue weighted by Gasteiger charge is -2.26. The minimum absolute atomic E-state index is 0.166. The van der Waals surface area contributed by atoms with E-state index in [0.717, 1.165) is 24.1 Å². The number of fused-ring (bicyclic) bond motifs is 1. The first kappa shape index (κ1) is 24.7. The lowest BCUT2D eigenvalue weighted by molar-refractivity contribution is -0.274. The Labute approximate surface area is 199 Å². The lowest BCUT2D eigenvalue weighted by atomic mass is 9.79. The second-order valence-corrected chi connectivity index (χ2v) is 8.52. The van der Waals surface area contributed by atoms with Crippen LogP contribution < -0.4 is 4.74 Å². The van der Waals surface area contributed by atoms with Crippen molar-refractivity contribution in [3.05, 3.63) is 99.4 Å². The molecule has 1 aliphatic rings. The van der Waals surface area contributed by atoms with E-state index in [9.17, 15) is 22.0 Å². The van der Waals surface area contributed by atoms with Crippen molar-refractivity contribution in [2.75, 3.05) is 0 Å². The topological polar surface area (TPSA) is 9.23 Å². The molecule has 182 valence electrons. The van der Waals surface area contributed by atoms with Gasteiger partial charge in [0.2, 0.25) is 0 Å². The minimum Gasteiger partial charge on any atom is -0.406 e. The number of hydrogen-bond acceptors (Lipinski definition) is 1. The van der Waals surface area contributed by atoms with Gasteiger partial charge in [-0.2, -0.15) is 0 Å². The molecule has 1 atom stereocenters. The third-order valence-corrected chi connectivity index (χ3v) is 6.13. The zero-order valence-electron chi connectivity index (χ0n) is 18.9. The molecular weight excluding hydrogens is 466 g/mol. The Morgan fingerprint density at radius 1 is 0.886 bits per heavy atom. The number of hydrogen-bond donors (Lipinski definition) is 0. The minimum atomic E-state index is -4.78. The summed E-state index contributed by atoms with van der Waals surface area (Å²) in [6, 6.07) is 11.5. The molecule has 1 unspecified atom stereocenters. The van der Waals surface area contributed by atoms with Crippen LogP contribution >= 0.6 is 0 Å². The van der Waals surface area contributed by atoms with Crippen LogP contribution in [0.15, 0.2) is 48.5 Å². The highest BCUT2D eigenvalue weighted by Crippen LogP contribution is 2.36. The lowest BCUT2D eigenvalue weighted by Crippen LogP contribution is -2.17. The third-order valence-electron chi connectivity index (χ3n) is 6.13. The van der Waals surface area contributed by atoms with Gasteiger partial charge in [-0.1, -0.05) is 43.4 Å². The standard InChI is InChI=1S/C28H22F6O/c1-2-3-18-10-14-24(27(31)26(18)30)21-11-15-23-20(16-21)9-8-19(25(23)29)7-4-17-5-12-22(13-6-17)35-28(32,33)34/h5-6,8-10,12-14,21H,2-3,11,15-16H2,1H3. The molecule has 1 aliphatic carbocycles. The highest BCUT2D eigenvalue weighted by molar-refractivity contribution is 5.49. The fraction of sp³-hybridized carbons (Fsp3) is 0.286.